The summed E-state index contributed by atoms with van der Waals surface area (Å²) in [5.74, 6) is 1.49. The van der Waals surface area contributed by atoms with Crippen LogP contribution < -0.4 is 14.8 Å². The van der Waals surface area contributed by atoms with Crippen LogP contribution in [0.15, 0.2) is 23.7 Å². The Kier molecular flexibility index (Phi) is 4.98. The van der Waals surface area contributed by atoms with Crippen molar-refractivity contribution in [1.29, 1.82) is 0 Å². The predicted octanol–water partition coefficient (Wildman–Crippen LogP) is 3.17. The second-order valence-electron chi connectivity index (χ2n) is 4.41. The fraction of sp³-hybridized carbons (Fsp3) is 0.400. The Balaban J connectivity index is 2.42. The van der Waals surface area contributed by atoms with Crippen molar-refractivity contribution in [3.8, 4) is 11.5 Å². The van der Waals surface area contributed by atoms with Gasteiger partial charge in [-0.15, -0.1) is 11.3 Å². The number of methoxy groups -OCH3 is 2. The maximum atomic E-state index is 5.39. The zero-order chi connectivity index (χ0) is 14.5. The average molecular weight is 292 g/mol. The van der Waals surface area contributed by atoms with Crippen molar-refractivity contribution >= 4 is 11.3 Å². The number of ether oxygens (including phenoxy) is 2. The third-order valence-corrected chi connectivity index (χ3v) is 4.19. The van der Waals surface area contributed by atoms with Gasteiger partial charge < -0.3 is 14.8 Å². The molecule has 1 aromatic carbocycles. The molecule has 1 aromatic heterocycles. The van der Waals surface area contributed by atoms with Gasteiger partial charge in [-0.05, 0) is 31.2 Å². The van der Waals surface area contributed by atoms with Crippen molar-refractivity contribution in [3.05, 3.63) is 39.8 Å². The lowest BCUT2D eigenvalue weighted by Crippen LogP contribution is -2.21. The number of aryl methyl sites for hydroxylation is 1. The van der Waals surface area contributed by atoms with Crippen LogP contribution in [0.4, 0.5) is 0 Å². The number of benzene rings is 1. The molecule has 0 saturated heterocycles. The van der Waals surface area contributed by atoms with E-state index in [1.54, 1.807) is 25.6 Å². The van der Waals surface area contributed by atoms with Crippen molar-refractivity contribution in [3.63, 3.8) is 0 Å². The number of rotatable bonds is 6. The SMILES string of the molecule is CCNC(c1ccc(OC)c(OC)c1)c1scnc1C. The summed E-state index contributed by atoms with van der Waals surface area (Å²) < 4.78 is 10.7. The minimum atomic E-state index is 0.132. The zero-order valence-corrected chi connectivity index (χ0v) is 13.1. The first kappa shape index (κ1) is 14.8. The molecule has 0 bridgehead atoms. The highest BCUT2D eigenvalue weighted by molar-refractivity contribution is 7.09. The summed E-state index contributed by atoms with van der Waals surface area (Å²) in [6.45, 7) is 5.03. The van der Waals surface area contributed by atoms with Crippen LogP contribution in [0.1, 0.15) is 29.1 Å². The smallest absolute Gasteiger partial charge is 0.161 e. The molecular weight excluding hydrogens is 272 g/mol. The standard InChI is InChI=1S/C15H20N2O2S/c1-5-16-14(15-10(2)17-9-20-15)11-6-7-12(18-3)13(8-11)19-4/h6-9,14,16H,5H2,1-4H3. The van der Waals surface area contributed by atoms with Gasteiger partial charge in [-0.2, -0.15) is 0 Å². The van der Waals surface area contributed by atoms with Crippen LogP contribution in [-0.4, -0.2) is 25.7 Å². The molecular formula is C15H20N2O2S. The Morgan fingerprint density at radius 1 is 1.25 bits per heavy atom. The number of hydrogen-bond donors (Lipinski definition) is 1. The Labute approximate surface area is 123 Å². The van der Waals surface area contributed by atoms with E-state index in [2.05, 4.69) is 23.3 Å². The summed E-state index contributed by atoms with van der Waals surface area (Å²) in [6, 6.07) is 6.15. The summed E-state index contributed by atoms with van der Waals surface area (Å²) >= 11 is 1.67. The first-order chi connectivity index (χ1) is 9.71. The second kappa shape index (κ2) is 6.72. The maximum absolute atomic E-state index is 5.39. The summed E-state index contributed by atoms with van der Waals surface area (Å²) in [5, 5.41) is 3.50. The van der Waals surface area contributed by atoms with Crippen molar-refractivity contribution in [2.45, 2.75) is 19.9 Å². The van der Waals surface area contributed by atoms with Crippen LogP contribution in [0.5, 0.6) is 11.5 Å². The van der Waals surface area contributed by atoms with Gasteiger partial charge in [0, 0.05) is 4.88 Å². The van der Waals surface area contributed by atoms with Gasteiger partial charge in [-0.3, -0.25) is 0 Å². The molecule has 0 fully saturated rings. The van der Waals surface area contributed by atoms with E-state index in [1.165, 1.54) is 4.88 Å². The van der Waals surface area contributed by atoms with E-state index >= 15 is 0 Å². The molecule has 2 aromatic rings. The van der Waals surface area contributed by atoms with Gasteiger partial charge in [0.25, 0.3) is 0 Å². The van der Waals surface area contributed by atoms with Crippen LogP contribution >= 0.6 is 11.3 Å². The predicted molar refractivity (Wildman–Crippen MR) is 81.9 cm³/mol. The van der Waals surface area contributed by atoms with E-state index in [0.717, 1.165) is 29.3 Å². The lowest BCUT2D eigenvalue weighted by molar-refractivity contribution is 0.354. The fourth-order valence-corrected chi connectivity index (χ4v) is 3.09. The first-order valence-corrected chi connectivity index (χ1v) is 7.44. The van der Waals surface area contributed by atoms with Gasteiger partial charge in [0.15, 0.2) is 11.5 Å². The van der Waals surface area contributed by atoms with Crippen LogP contribution in [0.25, 0.3) is 0 Å². The van der Waals surface area contributed by atoms with Gasteiger partial charge in [-0.1, -0.05) is 13.0 Å². The van der Waals surface area contributed by atoms with Crippen LogP contribution in [-0.2, 0) is 0 Å². The van der Waals surface area contributed by atoms with Gasteiger partial charge in [0.1, 0.15) is 0 Å². The summed E-state index contributed by atoms with van der Waals surface area (Å²) in [7, 11) is 3.30. The molecule has 5 heteroatoms. The number of hydrogen-bond acceptors (Lipinski definition) is 5. The molecule has 2 rings (SSSR count). The molecule has 1 atom stereocenters. The van der Waals surface area contributed by atoms with Crippen molar-refractivity contribution in [1.82, 2.24) is 10.3 Å². The molecule has 1 N–H and O–H groups in total. The molecule has 0 amide bonds. The highest BCUT2D eigenvalue weighted by Crippen LogP contribution is 2.34. The molecule has 0 aliphatic heterocycles. The number of nitrogens with zero attached hydrogens (tertiary/aromatic N) is 1. The van der Waals surface area contributed by atoms with E-state index in [1.807, 2.05) is 24.6 Å². The monoisotopic (exact) mass is 292 g/mol. The van der Waals surface area contributed by atoms with Crippen molar-refractivity contribution in [2.75, 3.05) is 20.8 Å². The Hall–Kier alpha value is -1.59. The molecule has 0 saturated carbocycles. The normalized spacial score (nSPS) is 12.2. The minimum Gasteiger partial charge on any atom is -0.493 e. The van der Waals surface area contributed by atoms with E-state index in [-0.39, 0.29) is 6.04 Å². The highest BCUT2D eigenvalue weighted by atomic mass is 32.1. The number of nitrogens with one attached hydrogen (secondary N) is 1. The Morgan fingerprint density at radius 2 is 2.00 bits per heavy atom. The number of thiazole rings is 1. The van der Waals surface area contributed by atoms with Gasteiger partial charge in [-0.25, -0.2) is 4.98 Å². The zero-order valence-electron chi connectivity index (χ0n) is 12.3. The van der Waals surface area contributed by atoms with E-state index in [4.69, 9.17) is 9.47 Å². The second-order valence-corrected chi connectivity index (χ2v) is 5.29. The lowest BCUT2D eigenvalue weighted by Gasteiger charge is -2.19. The molecule has 4 nitrogen and oxygen atoms in total. The molecule has 1 unspecified atom stereocenters. The van der Waals surface area contributed by atoms with Gasteiger partial charge in [0.2, 0.25) is 0 Å². The van der Waals surface area contributed by atoms with Crippen LogP contribution in [0.3, 0.4) is 0 Å². The molecule has 1 heterocycles. The fourth-order valence-electron chi connectivity index (χ4n) is 2.19. The Morgan fingerprint density at radius 3 is 2.55 bits per heavy atom. The van der Waals surface area contributed by atoms with Crippen molar-refractivity contribution in [2.24, 2.45) is 0 Å². The van der Waals surface area contributed by atoms with E-state index < -0.39 is 0 Å². The topological polar surface area (TPSA) is 43.4 Å². The van der Waals surface area contributed by atoms with E-state index in [9.17, 15) is 0 Å². The largest absolute Gasteiger partial charge is 0.493 e. The van der Waals surface area contributed by atoms with Gasteiger partial charge in [0.05, 0.1) is 31.5 Å². The van der Waals surface area contributed by atoms with E-state index in [0.29, 0.717) is 0 Å². The third-order valence-electron chi connectivity index (χ3n) is 3.19. The molecule has 0 spiro atoms. The van der Waals surface area contributed by atoms with Crippen molar-refractivity contribution < 1.29 is 9.47 Å². The average Bonchev–Trinajstić information content (AvgIpc) is 2.90. The van der Waals surface area contributed by atoms with Crippen LogP contribution in [0, 0.1) is 6.92 Å². The quantitative estimate of drug-likeness (QED) is 0.888. The summed E-state index contributed by atoms with van der Waals surface area (Å²) in [5.41, 5.74) is 4.10. The Bertz CT molecular complexity index is 569. The minimum absolute atomic E-state index is 0.132. The maximum Gasteiger partial charge on any atom is 0.161 e. The summed E-state index contributed by atoms with van der Waals surface area (Å²) in [4.78, 5) is 5.58. The summed E-state index contributed by atoms with van der Waals surface area (Å²) in [6.07, 6.45) is 0. The molecule has 0 aliphatic rings. The van der Waals surface area contributed by atoms with Gasteiger partial charge >= 0.3 is 0 Å². The third kappa shape index (κ3) is 2.94. The van der Waals surface area contributed by atoms with Crippen LogP contribution in [0.2, 0.25) is 0 Å². The molecule has 0 radical (unpaired) electrons. The molecule has 20 heavy (non-hydrogen) atoms. The lowest BCUT2D eigenvalue weighted by atomic mass is 10.0. The number of aromatic nitrogens is 1. The highest BCUT2D eigenvalue weighted by Gasteiger charge is 2.19. The molecule has 108 valence electrons. The molecule has 0 aliphatic carbocycles. The first-order valence-electron chi connectivity index (χ1n) is 6.56.